The van der Waals surface area contributed by atoms with E-state index in [0.29, 0.717) is 0 Å². The van der Waals surface area contributed by atoms with Gasteiger partial charge in [-0.25, -0.2) is 4.68 Å². The monoisotopic (exact) mass is 410 g/mol. The molecule has 2 N–H and O–H groups in total. The van der Waals surface area contributed by atoms with Crippen LogP contribution in [0.5, 0.6) is 0 Å². The lowest BCUT2D eigenvalue weighted by molar-refractivity contribution is -0.124. The largest absolute Gasteiger partial charge is 0.325 e. The van der Waals surface area contributed by atoms with Crippen LogP contribution in [0.2, 0.25) is 0 Å². The van der Waals surface area contributed by atoms with Crippen molar-refractivity contribution in [2.75, 3.05) is 4.90 Å². The van der Waals surface area contributed by atoms with E-state index < -0.39 is 5.41 Å². The van der Waals surface area contributed by atoms with Crippen molar-refractivity contribution in [1.29, 1.82) is 0 Å². The van der Waals surface area contributed by atoms with E-state index in [4.69, 9.17) is 5.73 Å². The molecule has 2 heterocycles. The summed E-state index contributed by atoms with van der Waals surface area (Å²) < 4.78 is 1.93. The van der Waals surface area contributed by atoms with Crippen LogP contribution in [-0.4, -0.2) is 21.7 Å². The maximum absolute atomic E-state index is 13.4. The molecule has 2 atom stereocenters. The van der Waals surface area contributed by atoms with Gasteiger partial charge < -0.3 is 10.6 Å². The second-order valence-corrected chi connectivity index (χ2v) is 8.91. The number of carbonyl (C=O) groups is 1. The lowest BCUT2D eigenvalue weighted by Crippen LogP contribution is -2.38. The third-order valence-corrected chi connectivity index (χ3v) is 6.47. The average molecular weight is 411 g/mol. The van der Waals surface area contributed by atoms with Crippen molar-refractivity contribution >= 4 is 22.5 Å². The Balaban J connectivity index is 1.60. The molecule has 5 nitrogen and oxygen atoms in total. The smallest absolute Gasteiger partial charge is 0.234 e. The van der Waals surface area contributed by atoms with E-state index in [2.05, 4.69) is 36.3 Å². The predicted octanol–water partition coefficient (Wildman–Crippen LogP) is 4.78. The lowest BCUT2D eigenvalue weighted by atomic mass is 9.83. The zero-order chi connectivity index (χ0) is 21.8. The van der Waals surface area contributed by atoms with E-state index in [1.54, 1.807) is 0 Å². The van der Waals surface area contributed by atoms with Crippen molar-refractivity contribution in [2.24, 2.45) is 11.1 Å². The Morgan fingerprint density at radius 3 is 2.32 bits per heavy atom. The summed E-state index contributed by atoms with van der Waals surface area (Å²) in [5.74, 6) is 0.0409. The van der Waals surface area contributed by atoms with Gasteiger partial charge in [0, 0.05) is 17.1 Å². The number of benzene rings is 3. The average Bonchev–Trinajstić information content (AvgIpc) is 3.27. The molecule has 0 unspecified atom stereocenters. The molecule has 31 heavy (non-hydrogen) atoms. The van der Waals surface area contributed by atoms with Crippen molar-refractivity contribution < 1.29 is 4.79 Å². The molecular weight excluding hydrogens is 384 g/mol. The van der Waals surface area contributed by atoms with Crippen molar-refractivity contribution in [2.45, 2.75) is 32.9 Å². The minimum absolute atomic E-state index is 0.0409. The zero-order valence-electron chi connectivity index (χ0n) is 18.0. The summed E-state index contributed by atoms with van der Waals surface area (Å²) in [4.78, 5) is 15.3. The SMILES string of the molecule is Cc1ccc(-n2ncc3cc(N4C(=O)C(C)(C)[C@H](N)[C@H]4c4ccccc4)ccc32)cc1. The highest BCUT2D eigenvalue weighted by atomic mass is 16.2. The van der Waals surface area contributed by atoms with E-state index in [9.17, 15) is 4.79 Å². The first-order valence-electron chi connectivity index (χ1n) is 10.6. The molecule has 0 spiro atoms. The first kappa shape index (κ1) is 19.5. The number of nitrogens with zero attached hydrogens (tertiary/aromatic N) is 3. The summed E-state index contributed by atoms with van der Waals surface area (Å²) in [5, 5.41) is 5.57. The Morgan fingerprint density at radius 1 is 0.935 bits per heavy atom. The van der Waals surface area contributed by atoms with Gasteiger partial charge >= 0.3 is 0 Å². The van der Waals surface area contributed by atoms with Crippen LogP contribution >= 0.6 is 0 Å². The molecule has 1 aliphatic rings. The number of amides is 1. The van der Waals surface area contributed by atoms with Crippen molar-refractivity contribution in [3.05, 3.63) is 90.1 Å². The molecule has 4 aromatic rings. The number of nitrogens with two attached hydrogens (primary N) is 1. The maximum atomic E-state index is 13.4. The first-order chi connectivity index (χ1) is 14.9. The molecule has 1 aliphatic heterocycles. The number of rotatable bonds is 3. The normalized spacial score (nSPS) is 20.5. The number of carbonyl (C=O) groups excluding carboxylic acids is 1. The van der Waals surface area contributed by atoms with Crippen LogP contribution < -0.4 is 10.6 Å². The molecule has 0 bridgehead atoms. The molecule has 1 saturated heterocycles. The van der Waals surface area contributed by atoms with Crippen LogP contribution in [0.3, 0.4) is 0 Å². The number of hydrogen-bond donors (Lipinski definition) is 1. The van der Waals surface area contributed by atoms with Gasteiger partial charge in [-0.05, 0) is 56.7 Å². The molecule has 0 radical (unpaired) electrons. The topological polar surface area (TPSA) is 64.2 Å². The fourth-order valence-corrected chi connectivity index (χ4v) is 4.48. The Bertz CT molecular complexity index is 1260. The van der Waals surface area contributed by atoms with Crippen LogP contribution in [0.1, 0.15) is 31.0 Å². The van der Waals surface area contributed by atoms with Crippen LogP contribution in [0.25, 0.3) is 16.6 Å². The molecule has 3 aromatic carbocycles. The molecule has 5 rings (SSSR count). The van der Waals surface area contributed by atoms with Gasteiger partial charge in [-0.1, -0.05) is 48.0 Å². The van der Waals surface area contributed by atoms with Gasteiger partial charge in [0.2, 0.25) is 5.91 Å². The van der Waals surface area contributed by atoms with Crippen LogP contribution in [0, 0.1) is 12.3 Å². The van der Waals surface area contributed by atoms with Gasteiger partial charge in [0.25, 0.3) is 0 Å². The summed E-state index contributed by atoms with van der Waals surface area (Å²) in [5.41, 5.74) is 11.1. The molecule has 1 fully saturated rings. The third kappa shape index (κ3) is 3.04. The van der Waals surface area contributed by atoms with Crippen LogP contribution in [-0.2, 0) is 4.79 Å². The van der Waals surface area contributed by atoms with Gasteiger partial charge in [-0.2, -0.15) is 5.10 Å². The van der Waals surface area contributed by atoms with Gasteiger partial charge in [0.15, 0.2) is 0 Å². The third-order valence-electron chi connectivity index (χ3n) is 6.47. The molecule has 1 aromatic heterocycles. The summed E-state index contributed by atoms with van der Waals surface area (Å²) >= 11 is 0. The van der Waals surface area contributed by atoms with Gasteiger partial charge in [-0.15, -0.1) is 0 Å². The lowest BCUT2D eigenvalue weighted by Gasteiger charge is -2.27. The number of fused-ring (bicyclic) bond motifs is 1. The number of hydrogen-bond acceptors (Lipinski definition) is 3. The van der Waals surface area contributed by atoms with E-state index in [1.807, 2.05) is 78.2 Å². The highest BCUT2D eigenvalue weighted by Crippen LogP contribution is 2.45. The summed E-state index contributed by atoms with van der Waals surface area (Å²) in [7, 11) is 0. The zero-order valence-corrected chi connectivity index (χ0v) is 18.0. The van der Waals surface area contributed by atoms with Crippen molar-refractivity contribution in [3.63, 3.8) is 0 Å². The Morgan fingerprint density at radius 2 is 1.61 bits per heavy atom. The molecule has 5 heteroatoms. The number of aryl methyl sites for hydroxylation is 1. The molecule has 156 valence electrons. The first-order valence-corrected chi connectivity index (χ1v) is 10.6. The second kappa shape index (κ2) is 7.06. The van der Waals surface area contributed by atoms with E-state index in [-0.39, 0.29) is 18.0 Å². The molecule has 0 saturated carbocycles. The number of anilines is 1. The quantitative estimate of drug-likeness (QED) is 0.529. The van der Waals surface area contributed by atoms with E-state index in [1.165, 1.54) is 5.56 Å². The van der Waals surface area contributed by atoms with Gasteiger partial charge in [0.05, 0.1) is 28.9 Å². The predicted molar refractivity (Wildman–Crippen MR) is 124 cm³/mol. The molecule has 0 aliphatic carbocycles. The minimum Gasteiger partial charge on any atom is -0.325 e. The van der Waals surface area contributed by atoms with Gasteiger partial charge in [0.1, 0.15) is 0 Å². The van der Waals surface area contributed by atoms with E-state index >= 15 is 0 Å². The standard InChI is InChI=1S/C26H26N4O/c1-17-9-11-20(12-10-17)30-22-14-13-21(15-19(22)16-28-30)29-23(18-7-5-4-6-8-18)24(27)26(2,3)25(29)31/h4-16,23-24H,27H2,1-3H3/t23-,24-/m1/s1. The Labute approximate surface area is 182 Å². The highest BCUT2D eigenvalue weighted by molar-refractivity contribution is 6.03. The summed E-state index contributed by atoms with van der Waals surface area (Å²) in [6.45, 7) is 5.94. The van der Waals surface area contributed by atoms with Gasteiger partial charge in [-0.3, -0.25) is 4.79 Å². The van der Waals surface area contributed by atoms with Crippen LogP contribution in [0.15, 0.2) is 79.0 Å². The maximum Gasteiger partial charge on any atom is 0.234 e. The minimum atomic E-state index is -0.651. The van der Waals surface area contributed by atoms with Crippen molar-refractivity contribution in [3.8, 4) is 5.69 Å². The Hall–Kier alpha value is -3.44. The van der Waals surface area contributed by atoms with Crippen molar-refractivity contribution in [1.82, 2.24) is 9.78 Å². The van der Waals surface area contributed by atoms with Crippen LogP contribution in [0.4, 0.5) is 5.69 Å². The summed E-state index contributed by atoms with van der Waals surface area (Å²) in [6.07, 6.45) is 1.85. The fraction of sp³-hybridized carbons (Fsp3) is 0.231. The number of aromatic nitrogens is 2. The summed E-state index contributed by atoms with van der Waals surface area (Å²) in [6, 6.07) is 23.9. The molecular formula is C26H26N4O. The fourth-order valence-electron chi connectivity index (χ4n) is 4.48. The molecule has 1 amide bonds. The Kier molecular flexibility index (Phi) is 4.45. The van der Waals surface area contributed by atoms with E-state index in [0.717, 1.165) is 27.8 Å². The highest BCUT2D eigenvalue weighted by Gasteiger charge is 2.52. The second-order valence-electron chi connectivity index (χ2n) is 8.91.